The van der Waals surface area contributed by atoms with Gasteiger partial charge in [0.15, 0.2) is 0 Å². The first-order chi connectivity index (χ1) is 10.3. The van der Waals surface area contributed by atoms with Crippen LogP contribution in [-0.4, -0.2) is 40.7 Å². The summed E-state index contributed by atoms with van der Waals surface area (Å²) in [7, 11) is 0. The van der Waals surface area contributed by atoms with Gasteiger partial charge >= 0.3 is 6.01 Å². The van der Waals surface area contributed by atoms with E-state index in [1.54, 1.807) is 0 Å². The van der Waals surface area contributed by atoms with Gasteiger partial charge in [-0.05, 0) is 44.9 Å². The Morgan fingerprint density at radius 1 is 1.14 bits per heavy atom. The Morgan fingerprint density at radius 3 is 2.57 bits per heavy atom. The molecule has 2 saturated carbocycles. The summed E-state index contributed by atoms with van der Waals surface area (Å²) in [5.41, 5.74) is 0. The first kappa shape index (κ1) is 14.4. The molecule has 0 bridgehead atoms. The largest absolute Gasteiger partial charge is 0.464 e. The molecule has 2 aliphatic rings. The summed E-state index contributed by atoms with van der Waals surface area (Å²) >= 11 is 0. The minimum atomic E-state index is 0.433. The Bertz CT molecular complexity index is 473. The lowest BCUT2D eigenvalue weighted by Gasteiger charge is -2.22. The lowest BCUT2D eigenvalue weighted by Crippen LogP contribution is -2.30. The number of hydrogen-bond acceptors (Lipinski definition) is 6. The van der Waals surface area contributed by atoms with Crippen LogP contribution in [0, 0.1) is 5.92 Å². The van der Waals surface area contributed by atoms with Gasteiger partial charge in [0.05, 0.1) is 6.61 Å². The van der Waals surface area contributed by atoms with Gasteiger partial charge in [0.2, 0.25) is 11.9 Å². The number of hydrogen-bond donors (Lipinski definition) is 1. The van der Waals surface area contributed by atoms with E-state index in [9.17, 15) is 0 Å². The fourth-order valence-electron chi connectivity index (χ4n) is 2.34. The monoisotopic (exact) mass is 291 g/mol. The third-order valence-electron chi connectivity index (χ3n) is 3.81. The van der Waals surface area contributed by atoms with Crippen LogP contribution in [0.25, 0.3) is 0 Å². The maximum absolute atomic E-state index is 5.51. The molecule has 0 amide bonds. The number of ether oxygens (including phenoxy) is 1. The molecule has 1 N–H and O–H groups in total. The molecular weight excluding hydrogens is 266 g/mol. The SMILES string of the molecule is CCCNc1nc(OCC)nc(N(CC2CC2)C2CC2)n1. The van der Waals surface area contributed by atoms with Gasteiger partial charge in [-0.15, -0.1) is 0 Å². The first-order valence-corrected chi connectivity index (χ1v) is 8.19. The molecule has 2 aliphatic carbocycles. The minimum Gasteiger partial charge on any atom is -0.464 e. The molecule has 0 unspecified atom stereocenters. The topological polar surface area (TPSA) is 63.2 Å². The van der Waals surface area contributed by atoms with Crippen molar-refractivity contribution in [1.29, 1.82) is 0 Å². The molecule has 6 heteroatoms. The zero-order chi connectivity index (χ0) is 14.7. The standard InChI is InChI=1S/C15H25N5O/c1-3-9-16-13-17-14(19-15(18-13)21-4-2)20(12-7-8-12)10-11-5-6-11/h11-12H,3-10H2,1-2H3,(H,16,17,18,19). The highest BCUT2D eigenvalue weighted by molar-refractivity contribution is 5.41. The van der Waals surface area contributed by atoms with E-state index in [0.29, 0.717) is 24.6 Å². The van der Waals surface area contributed by atoms with Crippen molar-refractivity contribution in [2.75, 3.05) is 29.9 Å². The fourth-order valence-corrected chi connectivity index (χ4v) is 2.34. The summed E-state index contributed by atoms with van der Waals surface area (Å²) in [6, 6.07) is 1.05. The van der Waals surface area contributed by atoms with Crippen molar-refractivity contribution in [1.82, 2.24) is 15.0 Å². The van der Waals surface area contributed by atoms with Crippen LogP contribution in [0.4, 0.5) is 11.9 Å². The molecule has 0 spiro atoms. The van der Waals surface area contributed by atoms with Gasteiger partial charge in [-0.3, -0.25) is 0 Å². The Balaban J connectivity index is 1.80. The summed E-state index contributed by atoms with van der Waals surface area (Å²) in [6.45, 7) is 6.59. The quantitative estimate of drug-likeness (QED) is 0.754. The lowest BCUT2D eigenvalue weighted by atomic mass is 10.3. The smallest absolute Gasteiger partial charge is 0.323 e. The molecule has 0 aromatic carbocycles. The Morgan fingerprint density at radius 2 is 1.95 bits per heavy atom. The molecule has 116 valence electrons. The van der Waals surface area contributed by atoms with Gasteiger partial charge in [-0.1, -0.05) is 6.92 Å². The van der Waals surface area contributed by atoms with Gasteiger partial charge in [0.25, 0.3) is 0 Å². The summed E-state index contributed by atoms with van der Waals surface area (Å²) in [5, 5.41) is 3.25. The molecule has 0 saturated heterocycles. The van der Waals surface area contributed by atoms with Gasteiger partial charge in [-0.2, -0.15) is 15.0 Å². The zero-order valence-electron chi connectivity index (χ0n) is 13.0. The third kappa shape index (κ3) is 3.95. The summed E-state index contributed by atoms with van der Waals surface area (Å²) < 4.78 is 5.51. The lowest BCUT2D eigenvalue weighted by molar-refractivity contribution is 0.312. The molecule has 1 heterocycles. The van der Waals surface area contributed by atoms with E-state index in [4.69, 9.17) is 4.74 Å². The van der Waals surface area contributed by atoms with Gasteiger partial charge in [-0.25, -0.2) is 0 Å². The van der Waals surface area contributed by atoms with Crippen LogP contribution in [0.1, 0.15) is 46.0 Å². The van der Waals surface area contributed by atoms with Crippen LogP contribution >= 0.6 is 0 Å². The Hall–Kier alpha value is -1.59. The van der Waals surface area contributed by atoms with Crippen LogP contribution < -0.4 is 15.0 Å². The van der Waals surface area contributed by atoms with Gasteiger partial charge in [0.1, 0.15) is 0 Å². The predicted octanol–water partition coefficient (Wildman–Crippen LogP) is 2.47. The molecule has 2 fully saturated rings. The van der Waals surface area contributed by atoms with Crippen molar-refractivity contribution < 1.29 is 4.74 Å². The minimum absolute atomic E-state index is 0.433. The van der Waals surface area contributed by atoms with E-state index in [1.165, 1.54) is 25.7 Å². The second-order valence-electron chi connectivity index (χ2n) is 5.93. The van der Waals surface area contributed by atoms with Crippen molar-refractivity contribution in [2.24, 2.45) is 5.92 Å². The second kappa shape index (κ2) is 6.45. The first-order valence-electron chi connectivity index (χ1n) is 8.19. The van der Waals surface area contributed by atoms with E-state index in [1.807, 2.05) is 6.92 Å². The average molecular weight is 291 g/mol. The summed E-state index contributed by atoms with van der Waals surface area (Å²) in [4.78, 5) is 15.8. The normalized spacial score (nSPS) is 17.6. The Labute approximate surface area is 126 Å². The van der Waals surface area contributed by atoms with Crippen LogP contribution in [0.15, 0.2) is 0 Å². The summed E-state index contributed by atoms with van der Waals surface area (Å²) in [5.74, 6) is 2.23. The van der Waals surface area contributed by atoms with Crippen LogP contribution in [0.3, 0.4) is 0 Å². The molecule has 0 radical (unpaired) electrons. The number of rotatable bonds is 9. The van der Waals surface area contributed by atoms with Crippen LogP contribution in [-0.2, 0) is 0 Å². The highest BCUT2D eigenvalue weighted by Crippen LogP contribution is 2.36. The average Bonchev–Trinajstić information content (AvgIpc) is 3.36. The van der Waals surface area contributed by atoms with Crippen LogP contribution in [0.5, 0.6) is 6.01 Å². The number of nitrogens with one attached hydrogen (secondary N) is 1. The third-order valence-corrected chi connectivity index (χ3v) is 3.81. The molecule has 21 heavy (non-hydrogen) atoms. The van der Waals surface area contributed by atoms with E-state index in [-0.39, 0.29) is 0 Å². The molecule has 0 aliphatic heterocycles. The van der Waals surface area contributed by atoms with Crippen molar-refractivity contribution in [3.63, 3.8) is 0 Å². The summed E-state index contributed by atoms with van der Waals surface area (Å²) in [6.07, 6.45) is 6.22. The van der Waals surface area contributed by atoms with E-state index < -0.39 is 0 Å². The predicted molar refractivity (Wildman–Crippen MR) is 82.9 cm³/mol. The zero-order valence-corrected chi connectivity index (χ0v) is 13.0. The maximum Gasteiger partial charge on any atom is 0.323 e. The number of aromatic nitrogens is 3. The number of nitrogens with zero attached hydrogens (tertiary/aromatic N) is 4. The highest BCUT2D eigenvalue weighted by atomic mass is 16.5. The van der Waals surface area contributed by atoms with Crippen molar-refractivity contribution in [2.45, 2.75) is 52.0 Å². The fraction of sp³-hybridized carbons (Fsp3) is 0.800. The second-order valence-corrected chi connectivity index (χ2v) is 5.93. The molecule has 1 aromatic heterocycles. The molecule has 1 aromatic rings. The van der Waals surface area contributed by atoms with E-state index >= 15 is 0 Å². The van der Waals surface area contributed by atoms with Crippen molar-refractivity contribution in [3.05, 3.63) is 0 Å². The van der Waals surface area contributed by atoms with Crippen LogP contribution in [0.2, 0.25) is 0 Å². The van der Waals surface area contributed by atoms with Crippen molar-refractivity contribution >= 4 is 11.9 Å². The van der Waals surface area contributed by atoms with Gasteiger partial charge in [0, 0.05) is 19.1 Å². The molecule has 3 rings (SSSR count). The molecule has 6 nitrogen and oxygen atoms in total. The van der Waals surface area contributed by atoms with Crippen molar-refractivity contribution in [3.8, 4) is 6.01 Å². The van der Waals surface area contributed by atoms with Gasteiger partial charge < -0.3 is 15.0 Å². The number of anilines is 2. The van der Waals surface area contributed by atoms with E-state index in [2.05, 4.69) is 32.1 Å². The molecular formula is C15H25N5O. The highest BCUT2D eigenvalue weighted by Gasteiger charge is 2.35. The molecule has 0 atom stereocenters. The maximum atomic E-state index is 5.51. The van der Waals surface area contributed by atoms with E-state index in [0.717, 1.165) is 31.4 Å². The Kier molecular flexibility index (Phi) is 4.41.